The molecule has 5 heteroatoms. The van der Waals surface area contributed by atoms with E-state index < -0.39 is 0 Å². The Morgan fingerprint density at radius 3 is 2.42 bits per heavy atom. The first-order valence-electron chi connectivity index (χ1n) is 6.31. The van der Waals surface area contributed by atoms with Gasteiger partial charge in [-0.2, -0.15) is 0 Å². The van der Waals surface area contributed by atoms with Gasteiger partial charge in [0, 0.05) is 6.07 Å². The Morgan fingerprint density at radius 1 is 1.21 bits per heavy atom. The summed E-state index contributed by atoms with van der Waals surface area (Å²) in [5.74, 6) is 2.18. The van der Waals surface area contributed by atoms with Crippen molar-refractivity contribution in [2.24, 2.45) is 0 Å². The molecule has 0 spiro atoms. The molecule has 5 nitrogen and oxygen atoms in total. The number of benzene rings is 1. The quantitative estimate of drug-likeness (QED) is 0.626. The lowest BCUT2D eigenvalue weighted by atomic mass is 10.1. The van der Waals surface area contributed by atoms with Crippen LogP contribution in [0.25, 0.3) is 10.9 Å². The number of aromatic nitrogens is 2. The van der Waals surface area contributed by atoms with Crippen LogP contribution in [0.5, 0.6) is 11.5 Å². The first kappa shape index (κ1) is 12.0. The molecule has 1 aromatic heterocycles. The van der Waals surface area contributed by atoms with Gasteiger partial charge in [0.2, 0.25) is 0 Å². The van der Waals surface area contributed by atoms with E-state index in [1.165, 1.54) is 0 Å². The lowest BCUT2D eigenvalue weighted by Crippen LogP contribution is -2.36. The van der Waals surface area contributed by atoms with Gasteiger partial charge in [0.1, 0.15) is 5.69 Å². The van der Waals surface area contributed by atoms with Crippen LogP contribution in [-0.4, -0.2) is 19.2 Å². The zero-order chi connectivity index (χ0) is 13.6. The average Bonchev–Trinajstić information content (AvgIpc) is 3.25. The molecule has 0 atom stereocenters. The van der Waals surface area contributed by atoms with E-state index in [-0.39, 0.29) is 0 Å². The normalized spacial score (nSPS) is 14.7. The van der Waals surface area contributed by atoms with Crippen LogP contribution >= 0.6 is 0 Å². The Kier molecular flexibility index (Phi) is 2.69. The Balaban J connectivity index is 2.29. The minimum atomic E-state index is 0.314. The van der Waals surface area contributed by atoms with Gasteiger partial charge in [-0.15, -0.1) is 0 Å². The van der Waals surface area contributed by atoms with Crippen LogP contribution in [0.15, 0.2) is 12.1 Å². The third-order valence-electron chi connectivity index (χ3n) is 3.58. The molecule has 2 aromatic rings. The van der Waals surface area contributed by atoms with Crippen LogP contribution in [0.2, 0.25) is 0 Å². The minimum absolute atomic E-state index is 0.314. The topological polar surface area (TPSA) is 58.3 Å². The van der Waals surface area contributed by atoms with Crippen molar-refractivity contribution in [3.05, 3.63) is 28.9 Å². The van der Waals surface area contributed by atoms with Crippen LogP contribution in [0.3, 0.4) is 0 Å². The Morgan fingerprint density at radius 2 is 1.84 bits per heavy atom. The van der Waals surface area contributed by atoms with E-state index in [2.05, 4.69) is 4.98 Å². The van der Waals surface area contributed by atoms with Gasteiger partial charge in [-0.05, 0) is 30.8 Å². The number of ether oxygens (including phenoxy) is 2. The molecular formula is C14H16N2O3. The predicted octanol–water partition coefficient (Wildman–Crippen LogP) is 2.07. The highest BCUT2D eigenvalue weighted by molar-refractivity contribution is 5.83. The second kappa shape index (κ2) is 4.26. The molecule has 1 aromatic carbocycles. The van der Waals surface area contributed by atoms with Gasteiger partial charge >= 0.3 is 5.82 Å². The van der Waals surface area contributed by atoms with E-state index in [4.69, 9.17) is 9.47 Å². The molecule has 3 rings (SSSR count). The molecule has 1 aliphatic rings. The summed E-state index contributed by atoms with van der Waals surface area (Å²) in [4.78, 5) is 4.50. The third-order valence-corrected chi connectivity index (χ3v) is 3.58. The number of fused-ring (bicyclic) bond motifs is 1. The van der Waals surface area contributed by atoms with Gasteiger partial charge < -0.3 is 14.7 Å². The summed E-state index contributed by atoms with van der Waals surface area (Å²) in [5, 5.41) is 13.0. The third kappa shape index (κ3) is 1.85. The smallest absolute Gasteiger partial charge is 0.305 e. The Bertz CT molecular complexity index is 651. The summed E-state index contributed by atoms with van der Waals surface area (Å²) < 4.78 is 11.5. The molecule has 0 aliphatic heterocycles. The lowest BCUT2D eigenvalue weighted by molar-refractivity contribution is -0.622. The summed E-state index contributed by atoms with van der Waals surface area (Å²) in [6, 6.07) is 3.63. The van der Waals surface area contributed by atoms with Crippen molar-refractivity contribution in [1.82, 2.24) is 4.98 Å². The van der Waals surface area contributed by atoms with Crippen molar-refractivity contribution in [3.63, 3.8) is 0 Å². The molecule has 19 heavy (non-hydrogen) atoms. The number of rotatable bonds is 3. The van der Waals surface area contributed by atoms with Gasteiger partial charge in [-0.1, -0.05) is 0 Å². The van der Waals surface area contributed by atoms with Crippen LogP contribution in [0.4, 0.5) is 0 Å². The van der Waals surface area contributed by atoms with Crippen molar-refractivity contribution in [3.8, 4) is 11.5 Å². The number of hydrogen-bond acceptors (Lipinski definition) is 4. The van der Waals surface area contributed by atoms with Crippen LogP contribution < -0.4 is 14.2 Å². The molecule has 100 valence electrons. The van der Waals surface area contributed by atoms with E-state index in [0.717, 1.165) is 28.5 Å². The summed E-state index contributed by atoms with van der Waals surface area (Å²) in [5.41, 5.74) is 1.44. The van der Waals surface area contributed by atoms with Crippen LogP contribution in [-0.2, 0) is 0 Å². The molecule has 1 fully saturated rings. The van der Waals surface area contributed by atoms with Crippen LogP contribution in [0, 0.1) is 12.1 Å². The summed E-state index contributed by atoms with van der Waals surface area (Å²) >= 11 is 0. The van der Waals surface area contributed by atoms with Crippen molar-refractivity contribution in [2.75, 3.05) is 14.2 Å². The average molecular weight is 260 g/mol. The standard InChI is InChI=1S/C14H16N2O3/c1-8-10-6-12(18-2)13(19-3)7-11(10)15-14(16(8)17)9-4-5-9/h6-7,9H,4-5H2,1-3H3. The van der Waals surface area contributed by atoms with Crippen molar-refractivity contribution in [2.45, 2.75) is 25.7 Å². The fourth-order valence-electron chi connectivity index (χ4n) is 2.30. The van der Waals surface area contributed by atoms with E-state index in [9.17, 15) is 5.21 Å². The van der Waals surface area contributed by atoms with Crippen molar-refractivity contribution in [1.29, 1.82) is 0 Å². The molecule has 1 aliphatic carbocycles. The first-order valence-corrected chi connectivity index (χ1v) is 6.31. The van der Waals surface area contributed by atoms with Gasteiger partial charge in [0.05, 0.1) is 25.5 Å². The lowest BCUT2D eigenvalue weighted by Gasteiger charge is -2.13. The summed E-state index contributed by atoms with van der Waals surface area (Å²) in [7, 11) is 3.17. The predicted molar refractivity (Wildman–Crippen MR) is 70.5 cm³/mol. The second-order valence-electron chi connectivity index (χ2n) is 4.85. The molecule has 1 saturated carbocycles. The van der Waals surface area contributed by atoms with E-state index >= 15 is 0 Å². The SMILES string of the molecule is COc1cc2nc(C3CC3)[n+]([O-])c(C)c2cc1OC. The molecule has 0 N–H and O–H groups in total. The maximum atomic E-state index is 12.2. The fraction of sp³-hybridized carbons (Fsp3) is 0.429. The molecule has 1 heterocycles. The number of hydrogen-bond donors (Lipinski definition) is 0. The minimum Gasteiger partial charge on any atom is -0.711 e. The number of methoxy groups -OCH3 is 2. The molecule has 0 radical (unpaired) electrons. The summed E-state index contributed by atoms with van der Waals surface area (Å²) in [6.45, 7) is 1.81. The Labute approximate surface area is 111 Å². The second-order valence-corrected chi connectivity index (χ2v) is 4.85. The first-order chi connectivity index (χ1) is 9.15. The molecule has 0 amide bonds. The molecule has 0 saturated heterocycles. The van der Waals surface area contributed by atoms with Gasteiger partial charge in [0.25, 0.3) is 0 Å². The van der Waals surface area contributed by atoms with Gasteiger partial charge in [-0.3, -0.25) is 0 Å². The molecular weight excluding hydrogens is 244 g/mol. The molecule has 0 unspecified atom stereocenters. The summed E-state index contributed by atoms with van der Waals surface area (Å²) in [6.07, 6.45) is 2.10. The zero-order valence-corrected chi connectivity index (χ0v) is 11.3. The highest BCUT2D eigenvalue weighted by Crippen LogP contribution is 2.39. The van der Waals surface area contributed by atoms with E-state index in [1.807, 2.05) is 19.1 Å². The maximum absolute atomic E-state index is 12.2. The number of aryl methyl sites for hydroxylation is 1. The Hall–Kier alpha value is -2.04. The largest absolute Gasteiger partial charge is 0.711 e. The van der Waals surface area contributed by atoms with Crippen molar-refractivity contribution < 1.29 is 14.2 Å². The van der Waals surface area contributed by atoms with Crippen molar-refractivity contribution >= 4 is 10.9 Å². The maximum Gasteiger partial charge on any atom is 0.305 e. The van der Waals surface area contributed by atoms with E-state index in [0.29, 0.717) is 28.9 Å². The van der Waals surface area contributed by atoms with Gasteiger partial charge in [0.15, 0.2) is 17.0 Å². The highest BCUT2D eigenvalue weighted by atomic mass is 16.5. The zero-order valence-electron chi connectivity index (χ0n) is 11.3. The van der Waals surface area contributed by atoms with Gasteiger partial charge in [-0.25, -0.2) is 4.73 Å². The van der Waals surface area contributed by atoms with E-state index in [1.54, 1.807) is 14.2 Å². The fourth-order valence-corrected chi connectivity index (χ4v) is 2.30. The molecule has 0 bridgehead atoms. The highest BCUT2D eigenvalue weighted by Gasteiger charge is 2.34. The monoisotopic (exact) mass is 260 g/mol. The van der Waals surface area contributed by atoms with Crippen LogP contribution in [0.1, 0.15) is 30.3 Å². The number of nitrogens with zero attached hydrogens (tertiary/aromatic N) is 2.